The maximum Gasteiger partial charge on any atom is 0.276 e. The summed E-state index contributed by atoms with van der Waals surface area (Å²) in [6.45, 7) is 6.12. The van der Waals surface area contributed by atoms with Gasteiger partial charge in [-0.1, -0.05) is 51.1 Å². The zero-order chi connectivity index (χ0) is 19.7. The molecule has 0 atom stereocenters. The van der Waals surface area contributed by atoms with Crippen LogP contribution in [0.2, 0.25) is 0 Å². The van der Waals surface area contributed by atoms with Gasteiger partial charge in [0, 0.05) is 0 Å². The molecule has 0 heterocycles. The molecule has 6 heteroatoms. The van der Waals surface area contributed by atoms with Crippen LogP contribution in [-0.4, -0.2) is 25.0 Å². The molecule has 0 saturated carbocycles. The molecule has 0 radical (unpaired) electrons. The average Bonchev–Trinajstić information content (AvgIpc) is 2.70. The number of hydrazine groups is 1. The van der Waals surface area contributed by atoms with Crippen LogP contribution in [0.4, 0.5) is 0 Å². The van der Waals surface area contributed by atoms with Gasteiger partial charge in [-0.25, -0.2) is 0 Å². The first-order chi connectivity index (χ1) is 12.9. The van der Waals surface area contributed by atoms with Crippen LogP contribution in [0.1, 0.15) is 32.8 Å². The lowest BCUT2D eigenvalue weighted by Crippen LogP contribution is -2.45. The second-order valence-electron chi connectivity index (χ2n) is 6.75. The molecule has 0 aliphatic rings. The van der Waals surface area contributed by atoms with Gasteiger partial charge in [-0.15, -0.1) is 0 Å². The van der Waals surface area contributed by atoms with Gasteiger partial charge in [-0.05, 0) is 41.7 Å². The molecule has 2 aromatic carbocycles. The Morgan fingerprint density at radius 3 is 1.78 bits per heavy atom. The Balaban J connectivity index is 1.69. The van der Waals surface area contributed by atoms with Gasteiger partial charge in [-0.2, -0.15) is 0 Å². The van der Waals surface area contributed by atoms with Crippen molar-refractivity contribution in [3.63, 3.8) is 0 Å². The van der Waals surface area contributed by atoms with E-state index in [9.17, 15) is 9.59 Å². The molecule has 0 unspecified atom stereocenters. The van der Waals surface area contributed by atoms with Gasteiger partial charge in [0.15, 0.2) is 13.2 Å². The summed E-state index contributed by atoms with van der Waals surface area (Å²) in [7, 11) is 0. The first kappa shape index (κ1) is 20.3. The molecular weight excluding hydrogens is 344 g/mol. The van der Waals surface area contributed by atoms with E-state index in [1.165, 1.54) is 5.56 Å². The molecular formula is C21H26N2O4. The summed E-state index contributed by atoms with van der Waals surface area (Å²) >= 11 is 0. The number of amides is 2. The van der Waals surface area contributed by atoms with E-state index in [1.54, 1.807) is 12.1 Å². The highest BCUT2D eigenvalue weighted by Gasteiger charge is 2.17. The number of carbonyl (C=O) groups excluding carboxylic acids is 2. The fraction of sp³-hybridized carbons (Fsp3) is 0.333. The highest BCUT2D eigenvalue weighted by Crippen LogP contribution is 2.27. The van der Waals surface area contributed by atoms with Gasteiger partial charge in [0.05, 0.1) is 0 Å². The molecule has 0 aliphatic heterocycles. The van der Waals surface area contributed by atoms with Gasteiger partial charge in [0.25, 0.3) is 11.8 Å². The number of para-hydroxylation sites is 1. The van der Waals surface area contributed by atoms with Crippen LogP contribution in [0.15, 0.2) is 54.6 Å². The average molecular weight is 370 g/mol. The van der Waals surface area contributed by atoms with Crippen molar-refractivity contribution in [2.75, 3.05) is 13.2 Å². The number of rotatable bonds is 8. The molecule has 0 aliphatic carbocycles. The van der Waals surface area contributed by atoms with E-state index in [1.807, 2.05) is 42.5 Å². The predicted molar refractivity (Wildman–Crippen MR) is 103 cm³/mol. The number of carbonyl (C=O) groups is 2. The van der Waals surface area contributed by atoms with Gasteiger partial charge in [-0.3, -0.25) is 20.4 Å². The largest absolute Gasteiger partial charge is 0.484 e. The van der Waals surface area contributed by atoms with Crippen molar-refractivity contribution in [1.82, 2.24) is 10.9 Å². The van der Waals surface area contributed by atoms with Crippen LogP contribution in [0.25, 0.3) is 0 Å². The Morgan fingerprint density at radius 2 is 1.30 bits per heavy atom. The lowest BCUT2D eigenvalue weighted by molar-refractivity contribution is -0.131. The minimum Gasteiger partial charge on any atom is -0.484 e. The van der Waals surface area contributed by atoms with Crippen LogP contribution >= 0.6 is 0 Å². The van der Waals surface area contributed by atoms with Crippen molar-refractivity contribution in [3.8, 4) is 11.5 Å². The third-order valence-electron chi connectivity index (χ3n) is 4.34. The Morgan fingerprint density at radius 1 is 0.815 bits per heavy atom. The molecule has 0 aromatic heterocycles. The quantitative estimate of drug-likeness (QED) is 0.701. The Hall–Kier alpha value is -3.02. The fourth-order valence-corrected chi connectivity index (χ4v) is 2.23. The molecule has 0 saturated heterocycles. The summed E-state index contributed by atoms with van der Waals surface area (Å²) in [5.41, 5.74) is 5.89. The first-order valence-electron chi connectivity index (χ1n) is 8.89. The molecule has 27 heavy (non-hydrogen) atoms. The van der Waals surface area contributed by atoms with Crippen molar-refractivity contribution in [2.45, 2.75) is 32.6 Å². The second kappa shape index (κ2) is 9.62. The van der Waals surface area contributed by atoms with Crippen molar-refractivity contribution < 1.29 is 19.1 Å². The van der Waals surface area contributed by atoms with Crippen LogP contribution in [0, 0.1) is 0 Å². The number of hydrogen-bond donors (Lipinski definition) is 2. The lowest BCUT2D eigenvalue weighted by atomic mass is 9.82. The summed E-state index contributed by atoms with van der Waals surface area (Å²) in [5.74, 6) is 0.260. The number of nitrogens with one attached hydrogen (secondary N) is 2. The van der Waals surface area contributed by atoms with E-state index in [0.29, 0.717) is 11.5 Å². The van der Waals surface area contributed by atoms with E-state index in [2.05, 4.69) is 31.6 Å². The monoisotopic (exact) mass is 370 g/mol. The first-order valence-corrected chi connectivity index (χ1v) is 8.89. The van der Waals surface area contributed by atoms with Crippen LogP contribution in [0.3, 0.4) is 0 Å². The molecule has 6 nitrogen and oxygen atoms in total. The minimum absolute atomic E-state index is 0.0992. The van der Waals surface area contributed by atoms with Gasteiger partial charge >= 0.3 is 0 Å². The maximum absolute atomic E-state index is 11.8. The SMILES string of the molecule is CCC(C)(C)c1ccc(OCC(=O)NNC(=O)COc2ccccc2)cc1. The third kappa shape index (κ3) is 6.66. The number of hydrogen-bond acceptors (Lipinski definition) is 4. The number of benzene rings is 2. The second-order valence-corrected chi connectivity index (χ2v) is 6.75. The molecule has 2 amide bonds. The normalized spacial score (nSPS) is 10.8. The van der Waals surface area contributed by atoms with Gasteiger partial charge < -0.3 is 9.47 Å². The van der Waals surface area contributed by atoms with Crippen molar-refractivity contribution in [1.29, 1.82) is 0 Å². The summed E-state index contributed by atoms with van der Waals surface area (Å²) in [6.07, 6.45) is 1.03. The third-order valence-corrected chi connectivity index (χ3v) is 4.34. The van der Waals surface area contributed by atoms with Crippen LogP contribution < -0.4 is 20.3 Å². The van der Waals surface area contributed by atoms with Crippen LogP contribution in [0.5, 0.6) is 11.5 Å². The Kier molecular flexibility index (Phi) is 7.23. The molecule has 2 N–H and O–H groups in total. The van der Waals surface area contributed by atoms with Crippen molar-refractivity contribution >= 4 is 11.8 Å². The van der Waals surface area contributed by atoms with Gasteiger partial charge in [0.2, 0.25) is 0 Å². The highest BCUT2D eigenvalue weighted by atomic mass is 16.5. The summed E-state index contributed by atoms with van der Waals surface area (Å²) in [4.78, 5) is 23.4. The molecule has 0 fully saturated rings. The van der Waals surface area contributed by atoms with E-state index in [0.717, 1.165) is 6.42 Å². The minimum atomic E-state index is -0.460. The maximum atomic E-state index is 11.8. The van der Waals surface area contributed by atoms with E-state index in [-0.39, 0.29) is 18.6 Å². The van der Waals surface area contributed by atoms with E-state index >= 15 is 0 Å². The highest BCUT2D eigenvalue weighted by molar-refractivity contribution is 5.83. The van der Waals surface area contributed by atoms with E-state index < -0.39 is 11.8 Å². The van der Waals surface area contributed by atoms with Gasteiger partial charge in [0.1, 0.15) is 11.5 Å². The standard InChI is InChI=1S/C21H26N2O4/c1-4-21(2,3)16-10-12-18(13-11-16)27-15-20(25)23-22-19(24)14-26-17-8-6-5-7-9-17/h5-13H,4,14-15H2,1-3H3,(H,22,24)(H,23,25). The Labute approximate surface area is 159 Å². The smallest absolute Gasteiger partial charge is 0.276 e. The Bertz CT molecular complexity index is 743. The molecule has 2 aromatic rings. The molecule has 144 valence electrons. The van der Waals surface area contributed by atoms with Crippen molar-refractivity contribution in [2.24, 2.45) is 0 Å². The fourth-order valence-electron chi connectivity index (χ4n) is 2.23. The summed E-state index contributed by atoms with van der Waals surface area (Å²) in [6, 6.07) is 16.6. The molecule has 0 bridgehead atoms. The zero-order valence-corrected chi connectivity index (χ0v) is 16.0. The van der Waals surface area contributed by atoms with E-state index in [4.69, 9.17) is 9.47 Å². The molecule has 2 rings (SSSR count). The summed E-state index contributed by atoms with van der Waals surface area (Å²) < 4.78 is 10.7. The topological polar surface area (TPSA) is 76.7 Å². The predicted octanol–water partition coefficient (Wildman–Crippen LogP) is 2.98. The van der Waals surface area contributed by atoms with Crippen LogP contribution in [-0.2, 0) is 15.0 Å². The van der Waals surface area contributed by atoms with Crippen molar-refractivity contribution in [3.05, 3.63) is 60.2 Å². The summed E-state index contributed by atoms with van der Waals surface area (Å²) in [5, 5.41) is 0. The zero-order valence-electron chi connectivity index (χ0n) is 16.0. The lowest BCUT2D eigenvalue weighted by Gasteiger charge is -2.23. The number of ether oxygens (including phenoxy) is 2. The molecule has 0 spiro atoms.